The number of esters is 7. The van der Waals surface area contributed by atoms with Crippen LogP contribution in [-0.2, 0) is 62.0 Å². The molecule has 9 rings (SSSR count). The van der Waals surface area contributed by atoms with Crippen molar-refractivity contribution in [3.05, 3.63) is 56.7 Å². The van der Waals surface area contributed by atoms with E-state index in [0.717, 1.165) is 5.57 Å². The molecular weight excluding hydrogens is 704 g/mol. The molecule has 5 saturated carbocycles. The van der Waals surface area contributed by atoms with Crippen LogP contribution in [0, 0.1) is 46.3 Å². The molecular formula is C40H40O14. The minimum atomic E-state index is -1.78. The van der Waals surface area contributed by atoms with Gasteiger partial charge in [0.2, 0.25) is 0 Å². The van der Waals surface area contributed by atoms with Crippen LogP contribution in [0.5, 0.6) is 0 Å². The van der Waals surface area contributed by atoms with Gasteiger partial charge in [-0.1, -0.05) is 13.0 Å². The number of methoxy groups -OCH3 is 1. The van der Waals surface area contributed by atoms with Crippen LogP contribution in [0.1, 0.15) is 59.8 Å². The van der Waals surface area contributed by atoms with Crippen LogP contribution in [0.15, 0.2) is 56.7 Å². The summed E-state index contributed by atoms with van der Waals surface area (Å²) in [5, 5.41) is 12.7. The zero-order valence-electron chi connectivity index (χ0n) is 30.5. The van der Waals surface area contributed by atoms with Gasteiger partial charge in [-0.15, -0.1) is 0 Å². The molecule has 6 aliphatic carbocycles. The van der Waals surface area contributed by atoms with Gasteiger partial charge in [-0.2, -0.15) is 0 Å². The highest BCUT2D eigenvalue weighted by molar-refractivity contribution is 6.16. The summed E-state index contributed by atoms with van der Waals surface area (Å²) in [6.07, 6.45) is 4.01. The molecule has 14 heteroatoms. The van der Waals surface area contributed by atoms with E-state index in [2.05, 4.69) is 0 Å². The summed E-state index contributed by atoms with van der Waals surface area (Å²) < 4.78 is 33.7. The molecule has 9 aliphatic rings. The third kappa shape index (κ3) is 4.23. The summed E-state index contributed by atoms with van der Waals surface area (Å²) in [5.41, 5.74) is -3.67. The number of cyclic esters (lactones) is 5. The molecule has 14 nitrogen and oxygen atoms in total. The quantitative estimate of drug-likeness (QED) is 0.246. The number of aliphatic hydroxyl groups is 1. The van der Waals surface area contributed by atoms with Gasteiger partial charge in [0, 0.05) is 28.6 Å². The van der Waals surface area contributed by atoms with Gasteiger partial charge < -0.3 is 33.5 Å². The summed E-state index contributed by atoms with van der Waals surface area (Å²) in [7, 11) is 1.29. The van der Waals surface area contributed by atoms with Gasteiger partial charge in [0.15, 0.2) is 5.60 Å². The third-order valence-electron chi connectivity index (χ3n) is 14.4. The molecule has 54 heavy (non-hydrogen) atoms. The predicted octanol–water partition coefficient (Wildman–Crippen LogP) is 2.44. The van der Waals surface area contributed by atoms with Crippen molar-refractivity contribution in [1.82, 2.24) is 0 Å². The van der Waals surface area contributed by atoms with Gasteiger partial charge in [-0.25, -0.2) is 19.2 Å². The highest BCUT2D eigenvalue weighted by atomic mass is 16.6. The molecule has 0 unspecified atom stereocenters. The van der Waals surface area contributed by atoms with Crippen LogP contribution in [0.3, 0.4) is 0 Å². The molecule has 0 amide bonds. The van der Waals surface area contributed by atoms with Gasteiger partial charge in [0.05, 0.1) is 36.5 Å². The van der Waals surface area contributed by atoms with Crippen LogP contribution >= 0.6 is 0 Å². The Morgan fingerprint density at radius 3 is 2.28 bits per heavy atom. The predicted molar refractivity (Wildman–Crippen MR) is 179 cm³/mol. The SMILES string of the molecule is COC(=O)[C@]1(C)C2=C(C3=C(C)C(=O)OC3=O)[C@]34OC(=O)C5=C3C[C@@H]3[C@](O)(COC(=O)/C(C)=C\COC(=O)CCC(=O)OC5)[C@H]5C[C@H]5[C@]3(C)[C@@H]4C=C2[C@H]2C[C@H]21. The highest BCUT2D eigenvalue weighted by Crippen LogP contribution is 2.81. The molecule has 1 N–H and O–H groups in total. The van der Waals surface area contributed by atoms with Crippen LogP contribution in [-0.4, -0.2) is 85.0 Å². The number of carbonyl (C=O) groups is 7. The van der Waals surface area contributed by atoms with Crippen LogP contribution in [0.2, 0.25) is 0 Å². The Kier molecular flexibility index (Phi) is 7.18. The van der Waals surface area contributed by atoms with Crippen molar-refractivity contribution in [2.24, 2.45) is 46.3 Å². The van der Waals surface area contributed by atoms with E-state index in [0.29, 0.717) is 24.0 Å². The van der Waals surface area contributed by atoms with Gasteiger partial charge in [-0.3, -0.25) is 14.4 Å². The molecule has 5 fully saturated rings. The third-order valence-corrected chi connectivity index (χ3v) is 14.4. The van der Waals surface area contributed by atoms with Gasteiger partial charge in [-0.05, 0) is 91.9 Å². The van der Waals surface area contributed by atoms with Gasteiger partial charge >= 0.3 is 41.8 Å². The summed E-state index contributed by atoms with van der Waals surface area (Å²) in [6, 6.07) is 0. The average molecular weight is 745 g/mol. The summed E-state index contributed by atoms with van der Waals surface area (Å²) in [5.74, 6) is -7.46. The fourth-order valence-electron chi connectivity index (χ4n) is 11.6. The molecule has 1 spiro atoms. The van der Waals surface area contributed by atoms with E-state index >= 15 is 0 Å². The zero-order valence-corrected chi connectivity index (χ0v) is 30.5. The van der Waals surface area contributed by atoms with E-state index < -0.39 is 82.3 Å². The molecule has 0 aromatic heterocycles. The number of hydrogen-bond acceptors (Lipinski definition) is 14. The molecule has 3 aliphatic heterocycles. The van der Waals surface area contributed by atoms with Crippen molar-refractivity contribution >= 4 is 41.8 Å². The molecule has 0 radical (unpaired) electrons. The van der Waals surface area contributed by atoms with E-state index in [1.165, 1.54) is 27.0 Å². The zero-order chi connectivity index (χ0) is 38.4. The maximum absolute atomic E-state index is 14.4. The highest BCUT2D eigenvalue weighted by Gasteiger charge is 2.82. The largest absolute Gasteiger partial charge is 0.468 e. The van der Waals surface area contributed by atoms with Crippen molar-refractivity contribution in [1.29, 1.82) is 0 Å². The van der Waals surface area contributed by atoms with Crippen LogP contribution < -0.4 is 0 Å². The fourth-order valence-corrected chi connectivity index (χ4v) is 11.6. The number of carbonyl (C=O) groups excluding carboxylic acids is 7. The Morgan fingerprint density at radius 1 is 0.870 bits per heavy atom. The second-order valence-electron chi connectivity index (χ2n) is 16.6. The Balaban J connectivity index is 1.29. The smallest absolute Gasteiger partial charge is 0.347 e. The number of rotatable bonds is 2. The minimum Gasteiger partial charge on any atom is -0.468 e. The van der Waals surface area contributed by atoms with Crippen molar-refractivity contribution in [3.8, 4) is 0 Å². The van der Waals surface area contributed by atoms with E-state index in [-0.39, 0.29) is 84.0 Å². The minimum absolute atomic E-state index is 0.00485. The van der Waals surface area contributed by atoms with E-state index in [1.807, 2.05) is 13.0 Å². The Bertz CT molecular complexity index is 2100. The standard InChI is InChI=1S/C40H40O14/c1-16-8-9-50-27(41)6-7-28(42)51-14-20-22-13-25-37(3,23-12-24(23)39(25,48)15-52-32(16)43)26-11-19-18-10-21(18)38(4,36(47)49-5)30(19)31(40(22,26)54-34(20)45)29-17(2)33(44)53-35(29)46/h8,11,18,21,23-26,48H,6-7,9-10,12-15H2,1-5H3/b16-8-/t18-,21-,23-,24+,25+,26+,37+,38+,39+,40+/m1/s1. The first-order valence-electron chi connectivity index (χ1n) is 18.4. The number of ether oxygens (including phenoxy) is 6. The second kappa shape index (κ2) is 11.1. The molecule has 10 atom stereocenters. The fraction of sp³-hybridized carbons (Fsp3) is 0.575. The Hall–Kier alpha value is -4.85. The average Bonchev–Trinajstić information content (AvgIpc) is 4.04. The van der Waals surface area contributed by atoms with Gasteiger partial charge in [0.1, 0.15) is 25.4 Å². The van der Waals surface area contributed by atoms with E-state index in [9.17, 15) is 38.7 Å². The first-order valence-corrected chi connectivity index (χ1v) is 18.4. The summed E-state index contributed by atoms with van der Waals surface area (Å²) >= 11 is 0. The number of hydrogen-bond donors (Lipinski definition) is 1. The monoisotopic (exact) mass is 744 g/mol. The topological polar surface area (TPSA) is 195 Å². The summed E-state index contributed by atoms with van der Waals surface area (Å²) in [6.45, 7) is 5.60. The Morgan fingerprint density at radius 2 is 1.59 bits per heavy atom. The second-order valence-corrected chi connectivity index (χ2v) is 16.6. The maximum atomic E-state index is 14.4. The van der Waals surface area contributed by atoms with Crippen LogP contribution in [0.4, 0.5) is 0 Å². The first-order chi connectivity index (χ1) is 25.5. The van der Waals surface area contributed by atoms with Crippen molar-refractivity contribution < 1.29 is 67.1 Å². The molecule has 284 valence electrons. The van der Waals surface area contributed by atoms with Crippen LogP contribution in [0.25, 0.3) is 0 Å². The Labute approximate surface area is 309 Å². The molecule has 0 aromatic carbocycles. The van der Waals surface area contributed by atoms with E-state index in [4.69, 9.17) is 28.4 Å². The lowest BCUT2D eigenvalue weighted by atomic mass is 9.47. The number of fused-ring (bicyclic) bond motifs is 7. The van der Waals surface area contributed by atoms with Crippen molar-refractivity contribution in [3.63, 3.8) is 0 Å². The molecule has 3 heterocycles. The molecule has 2 bridgehead atoms. The lowest BCUT2D eigenvalue weighted by Crippen LogP contribution is -2.61. The lowest BCUT2D eigenvalue weighted by Gasteiger charge is -2.58. The van der Waals surface area contributed by atoms with Crippen molar-refractivity contribution in [2.75, 3.05) is 26.9 Å². The normalized spacial score (nSPS) is 43.2. The van der Waals surface area contributed by atoms with E-state index in [1.54, 1.807) is 6.92 Å². The van der Waals surface area contributed by atoms with Crippen molar-refractivity contribution in [2.45, 2.75) is 71.0 Å². The lowest BCUT2D eigenvalue weighted by molar-refractivity contribution is -0.170. The molecule has 0 saturated heterocycles. The maximum Gasteiger partial charge on any atom is 0.347 e. The number of allylic oxidation sites excluding steroid dienone is 1. The first kappa shape index (κ1) is 34.9. The molecule has 0 aromatic rings. The summed E-state index contributed by atoms with van der Waals surface area (Å²) in [4.78, 5) is 93.8. The van der Waals surface area contributed by atoms with Gasteiger partial charge in [0.25, 0.3) is 0 Å².